The van der Waals surface area contributed by atoms with Gasteiger partial charge in [-0.25, -0.2) is 0 Å². The minimum absolute atomic E-state index is 0.347. The number of fused-ring (bicyclic) bond motifs is 1. The van der Waals surface area contributed by atoms with Crippen LogP contribution in [0.4, 0.5) is 0 Å². The molecule has 2 rings (SSSR count). The van der Waals surface area contributed by atoms with Gasteiger partial charge in [0.1, 0.15) is 0 Å². The zero-order valence-electron chi connectivity index (χ0n) is 10.1. The Morgan fingerprint density at radius 2 is 2.27 bits per heavy atom. The minimum Gasteiger partial charge on any atom is -0.396 e. The lowest BCUT2D eigenvalue weighted by atomic mass is 9.61. The van der Waals surface area contributed by atoms with E-state index in [1.807, 2.05) is 0 Å². The molecule has 2 aliphatic carbocycles. The normalized spacial score (nSPS) is 42.7. The Morgan fingerprint density at radius 1 is 1.53 bits per heavy atom. The Balaban J connectivity index is 2.21. The van der Waals surface area contributed by atoms with Gasteiger partial charge in [-0.15, -0.1) is 0 Å². The average molecular weight is 208 g/mol. The molecule has 0 aromatic heterocycles. The van der Waals surface area contributed by atoms with Crippen LogP contribution in [-0.2, 0) is 0 Å². The van der Waals surface area contributed by atoms with Crippen molar-refractivity contribution in [2.24, 2.45) is 23.2 Å². The Hall–Kier alpha value is -0.300. The molecule has 0 heterocycles. The van der Waals surface area contributed by atoms with Crippen molar-refractivity contribution in [3.63, 3.8) is 0 Å². The molecule has 1 heteroatoms. The van der Waals surface area contributed by atoms with Crippen LogP contribution in [-0.4, -0.2) is 11.7 Å². The van der Waals surface area contributed by atoms with Gasteiger partial charge in [0, 0.05) is 6.61 Å². The van der Waals surface area contributed by atoms with Crippen molar-refractivity contribution >= 4 is 0 Å². The van der Waals surface area contributed by atoms with Crippen LogP contribution >= 0.6 is 0 Å². The van der Waals surface area contributed by atoms with Gasteiger partial charge < -0.3 is 5.11 Å². The van der Waals surface area contributed by atoms with Crippen LogP contribution in [0.15, 0.2) is 12.2 Å². The van der Waals surface area contributed by atoms with E-state index in [2.05, 4.69) is 20.4 Å². The highest BCUT2D eigenvalue weighted by Gasteiger charge is 2.50. The van der Waals surface area contributed by atoms with Crippen molar-refractivity contribution < 1.29 is 5.11 Å². The third-order valence-electron chi connectivity index (χ3n) is 5.09. The molecule has 1 N–H and O–H groups in total. The summed E-state index contributed by atoms with van der Waals surface area (Å²) in [6, 6.07) is 0. The second-order valence-corrected chi connectivity index (χ2v) is 5.91. The van der Waals surface area contributed by atoms with Gasteiger partial charge in [0.05, 0.1) is 0 Å². The molecular weight excluding hydrogens is 184 g/mol. The fourth-order valence-corrected chi connectivity index (χ4v) is 4.23. The van der Waals surface area contributed by atoms with Gasteiger partial charge in [-0.3, -0.25) is 0 Å². The summed E-state index contributed by atoms with van der Waals surface area (Å²) in [4.78, 5) is 0. The second-order valence-electron chi connectivity index (χ2n) is 5.91. The van der Waals surface area contributed by atoms with Crippen LogP contribution in [0, 0.1) is 23.2 Å². The number of aliphatic hydroxyl groups is 1. The van der Waals surface area contributed by atoms with Crippen molar-refractivity contribution in [3.8, 4) is 0 Å². The van der Waals surface area contributed by atoms with Crippen LogP contribution in [0.5, 0.6) is 0 Å². The Bertz CT molecular complexity index is 258. The maximum atomic E-state index is 9.34. The molecule has 0 aromatic carbocycles. The molecule has 2 aliphatic rings. The van der Waals surface area contributed by atoms with Crippen LogP contribution in [0.3, 0.4) is 0 Å². The highest BCUT2D eigenvalue weighted by atomic mass is 16.3. The molecule has 2 unspecified atom stereocenters. The third-order valence-corrected chi connectivity index (χ3v) is 5.09. The van der Waals surface area contributed by atoms with E-state index in [-0.39, 0.29) is 0 Å². The maximum absolute atomic E-state index is 9.34. The first-order valence-corrected chi connectivity index (χ1v) is 6.38. The van der Waals surface area contributed by atoms with Crippen molar-refractivity contribution in [1.29, 1.82) is 0 Å². The molecule has 0 aromatic rings. The maximum Gasteiger partial charge on any atom is 0.0459 e. The number of hydrogen-bond donors (Lipinski definition) is 1. The third kappa shape index (κ3) is 1.65. The highest BCUT2D eigenvalue weighted by molar-refractivity contribution is 5.15. The molecule has 0 bridgehead atoms. The smallest absolute Gasteiger partial charge is 0.0459 e. The summed E-state index contributed by atoms with van der Waals surface area (Å²) in [5.74, 6) is 1.92. The van der Waals surface area contributed by atoms with E-state index < -0.39 is 0 Å². The molecule has 2 fully saturated rings. The summed E-state index contributed by atoms with van der Waals surface area (Å²) >= 11 is 0. The van der Waals surface area contributed by atoms with Crippen LogP contribution in [0.25, 0.3) is 0 Å². The van der Waals surface area contributed by atoms with Gasteiger partial charge in [-0.05, 0) is 55.3 Å². The first-order valence-electron chi connectivity index (χ1n) is 6.38. The molecule has 86 valence electrons. The van der Waals surface area contributed by atoms with E-state index in [0.29, 0.717) is 23.9 Å². The van der Waals surface area contributed by atoms with E-state index >= 15 is 0 Å². The molecule has 0 radical (unpaired) electrons. The quantitative estimate of drug-likeness (QED) is 0.690. The van der Waals surface area contributed by atoms with Gasteiger partial charge in [0.25, 0.3) is 0 Å². The van der Waals surface area contributed by atoms with E-state index in [4.69, 9.17) is 0 Å². The molecule has 4 atom stereocenters. The minimum atomic E-state index is 0.347. The van der Waals surface area contributed by atoms with Crippen LogP contribution < -0.4 is 0 Å². The zero-order chi connectivity index (χ0) is 11.1. The van der Waals surface area contributed by atoms with Crippen molar-refractivity contribution in [2.75, 3.05) is 6.61 Å². The van der Waals surface area contributed by atoms with Gasteiger partial charge >= 0.3 is 0 Å². The van der Waals surface area contributed by atoms with Crippen LogP contribution in [0.2, 0.25) is 0 Å². The predicted molar refractivity (Wildman–Crippen MR) is 63.6 cm³/mol. The van der Waals surface area contributed by atoms with Gasteiger partial charge in [0.15, 0.2) is 0 Å². The molecule has 0 amide bonds. The van der Waals surface area contributed by atoms with Crippen molar-refractivity contribution in [1.82, 2.24) is 0 Å². The Labute approximate surface area is 93.6 Å². The molecule has 1 nitrogen and oxygen atoms in total. The van der Waals surface area contributed by atoms with Crippen molar-refractivity contribution in [2.45, 2.75) is 46.0 Å². The fraction of sp³-hybridized carbons (Fsp3) is 0.857. The summed E-state index contributed by atoms with van der Waals surface area (Å²) in [6.45, 7) is 9.25. The summed E-state index contributed by atoms with van der Waals surface area (Å²) in [7, 11) is 0. The largest absolute Gasteiger partial charge is 0.396 e. The predicted octanol–water partition coefficient (Wildman–Crippen LogP) is 3.39. The second kappa shape index (κ2) is 3.93. The van der Waals surface area contributed by atoms with Crippen molar-refractivity contribution in [3.05, 3.63) is 12.2 Å². The monoisotopic (exact) mass is 208 g/mol. The Morgan fingerprint density at radius 3 is 2.93 bits per heavy atom. The average Bonchev–Trinajstić information content (AvgIpc) is 2.56. The van der Waals surface area contributed by atoms with Gasteiger partial charge in [-0.1, -0.05) is 26.0 Å². The molecule has 2 saturated carbocycles. The number of rotatable bonds is 2. The van der Waals surface area contributed by atoms with E-state index in [9.17, 15) is 5.11 Å². The van der Waals surface area contributed by atoms with Gasteiger partial charge in [0.2, 0.25) is 0 Å². The fourth-order valence-electron chi connectivity index (χ4n) is 4.23. The summed E-state index contributed by atoms with van der Waals surface area (Å²) in [5, 5.41) is 9.34. The Kier molecular flexibility index (Phi) is 2.94. The number of allylic oxidation sites excluding steroid dienone is 1. The molecule has 0 aliphatic heterocycles. The lowest BCUT2D eigenvalue weighted by Gasteiger charge is -2.43. The van der Waals surface area contributed by atoms with E-state index in [1.54, 1.807) is 0 Å². The standard InChI is InChI=1S/C14H24O/c1-10-5-4-8-14(3)12(10)6-7-13(14)11(2)9-15/h11-13,15H,1,4-9H2,2-3H3/t11-,12?,13?,14+/m1/s1. The van der Waals surface area contributed by atoms with E-state index in [1.165, 1.54) is 37.7 Å². The summed E-state index contributed by atoms with van der Waals surface area (Å²) in [5.41, 5.74) is 1.92. The first kappa shape index (κ1) is 11.2. The highest BCUT2D eigenvalue weighted by Crippen LogP contribution is 2.58. The lowest BCUT2D eigenvalue weighted by molar-refractivity contribution is 0.0692. The SMILES string of the molecule is C=C1CCC[C@@]2(C)C1CCC2[C@H](C)CO. The molecule has 15 heavy (non-hydrogen) atoms. The zero-order valence-corrected chi connectivity index (χ0v) is 10.1. The number of hydrogen-bond acceptors (Lipinski definition) is 1. The summed E-state index contributed by atoms with van der Waals surface area (Å²) < 4.78 is 0. The van der Waals surface area contributed by atoms with Crippen LogP contribution in [0.1, 0.15) is 46.0 Å². The molecule has 0 spiro atoms. The summed E-state index contributed by atoms with van der Waals surface area (Å²) in [6.07, 6.45) is 6.49. The van der Waals surface area contributed by atoms with Gasteiger partial charge in [-0.2, -0.15) is 0 Å². The number of aliphatic hydroxyl groups excluding tert-OH is 1. The topological polar surface area (TPSA) is 20.2 Å². The molecule has 0 saturated heterocycles. The molecular formula is C14H24O. The first-order chi connectivity index (χ1) is 7.09. The van der Waals surface area contributed by atoms with E-state index in [0.717, 1.165) is 5.92 Å². The lowest BCUT2D eigenvalue weighted by Crippen LogP contribution is -2.36.